The normalized spacial score (nSPS) is 19.9. The van der Waals surface area contributed by atoms with Gasteiger partial charge in [0.1, 0.15) is 5.04 Å². The van der Waals surface area contributed by atoms with E-state index in [1.165, 1.54) is 18.9 Å². The van der Waals surface area contributed by atoms with Crippen LogP contribution < -0.4 is 10.7 Å². The van der Waals surface area contributed by atoms with Crippen molar-refractivity contribution in [2.75, 3.05) is 12.4 Å². The van der Waals surface area contributed by atoms with Crippen molar-refractivity contribution in [1.82, 2.24) is 10.4 Å². The molecule has 1 amide bonds. The highest BCUT2D eigenvalue weighted by Crippen LogP contribution is 2.48. The number of carbonyl (C=O) groups excluding carboxylic acids is 2. The highest BCUT2D eigenvalue weighted by Gasteiger charge is 2.52. The van der Waals surface area contributed by atoms with Crippen molar-refractivity contribution >= 4 is 45.3 Å². The van der Waals surface area contributed by atoms with Crippen molar-refractivity contribution in [3.05, 3.63) is 71.4 Å². The number of ether oxygens (including phenoxy) is 1. The van der Waals surface area contributed by atoms with E-state index in [2.05, 4.69) is 20.8 Å². The summed E-state index contributed by atoms with van der Waals surface area (Å²) in [7, 11) is 1.33. The summed E-state index contributed by atoms with van der Waals surface area (Å²) in [6, 6.07) is 14.7. The maximum Gasteiger partial charge on any atom is 0.337 e. The molecular weight excluding hydrogens is 376 g/mol. The number of amides is 1. The summed E-state index contributed by atoms with van der Waals surface area (Å²) < 4.78 is 4.80. The Hall–Kier alpha value is -3.39. The van der Waals surface area contributed by atoms with Crippen molar-refractivity contribution in [1.29, 1.82) is 0 Å². The number of thioether (sulfide) groups is 1. The maximum absolute atomic E-state index is 12.8. The highest BCUT2D eigenvalue weighted by atomic mass is 32.2. The molecule has 1 atom stereocenters. The molecule has 2 aliphatic heterocycles. The Labute approximate surface area is 164 Å². The number of hydrazone groups is 1. The molecule has 138 valence electrons. The first-order valence-electron chi connectivity index (χ1n) is 8.55. The van der Waals surface area contributed by atoms with E-state index in [1.54, 1.807) is 24.4 Å². The SMILES string of the molecule is COC(=O)c1ccc2c(c1)C1(NN=C(c3cccc4cccnc34)S1)C(=O)N2. The molecule has 0 bridgehead atoms. The number of fused-ring (bicyclic) bond motifs is 3. The summed E-state index contributed by atoms with van der Waals surface area (Å²) in [5.41, 5.74) is 6.33. The Morgan fingerprint density at radius 2 is 2.04 bits per heavy atom. The van der Waals surface area contributed by atoms with Crippen LogP contribution in [0.2, 0.25) is 0 Å². The van der Waals surface area contributed by atoms with Crippen molar-refractivity contribution in [3.8, 4) is 0 Å². The van der Waals surface area contributed by atoms with Crippen molar-refractivity contribution in [2.45, 2.75) is 4.87 Å². The zero-order chi connectivity index (χ0) is 19.3. The van der Waals surface area contributed by atoms with Gasteiger partial charge in [0, 0.05) is 28.4 Å². The Bertz CT molecular complexity index is 1190. The van der Waals surface area contributed by atoms with Gasteiger partial charge < -0.3 is 10.1 Å². The van der Waals surface area contributed by atoms with E-state index in [1.807, 2.05) is 30.3 Å². The minimum absolute atomic E-state index is 0.235. The van der Waals surface area contributed by atoms with Gasteiger partial charge >= 0.3 is 5.97 Å². The van der Waals surface area contributed by atoms with Crippen LogP contribution in [-0.2, 0) is 14.4 Å². The first-order chi connectivity index (χ1) is 13.6. The number of hydrogen-bond acceptors (Lipinski definition) is 7. The number of nitrogens with one attached hydrogen (secondary N) is 2. The Kier molecular flexibility index (Phi) is 3.63. The van der Waals surface area contributed by atoms with E-state index in [-0.39, 0.29) is 5.91 Å². The smallest absolute Gasteiger partial charge is 0.337 e. The summed E-state index contributed by atoms with van der Waals surface area (Å²) in [5, 5.41) is 8.96. The van der Waals surface area contributed by atoms with Crippen LogP contribution in [0.1, 0.15) is 21.5 Å². The molecule has 0 aliphatic carbocycles. The van der Waals surface area contributed by atoms with Gasteiger partial charge in [0.2, 0.25) is 4.87 Å². The minimum atomic E-state index is -1.13. The third-order valence-corrected chi connectivity index (χ3v) is 6.12. The second-order valence-corrected chi connectivity index (χ2v) is 7.60. The van der Waals surface area contributed by atoms with Gasteiger partial charge in [-0.15, -0.1) is 0 Å². The molecule has 0 saturated heterocycles. The molecule has 1 aromatic heterocycles. The van der Waals surface area contributed by atoms with Crippen LogP contribution in [0.3, 0.4) is 0 Å². The second-order valence-electron chi connectivity index (χ2n) is 6.40. The van der Waals surface area contributed by atoms with E-state index < -0.39 is 10.8 Å². The quantitative estimate of drug-likeness (QED) is 0.654. The van der Waals surface area contributed by atoms with Gasteiger partial charge in [-0.05, 0) is 30.3 Å². The molecule has 2 N–H and O–H groups in total. The number of esters is 1. The number of para-hydroxylation sites is 1. The molecule has 7 nitrogen and oxygen atoms in total. The summed E-state index contributed by atoms with van der Waals surface area (Å²) in [4.78, 5) is 28.1. The molecule has 0 saturated carbocycles. The fourth-order valence-electron chi connectivity index (χ4n) is 3.45. The van der Waals surface area contributed by atoms with Crippen LogP contribution in [0.15, 0.2) is 59.8 Å². The van der Waals surface area contributed by atoms with Gasteiger partial charge in [-0.3, -0.25) is 15.2 Å². The Morgan fingerprint density at radius 3 is 2.89 bits per heavy atom. The first kappa shape index (κ1) is 16.8. The lowest BCUT2D eigenvalue weighted by atomic mass is 10.0. The maximum atomic E-state index is 12.8. The van der Waals surface area contributed by atoms with Gasteiger partial charge in [-0.1, -0.05) is 30.0 Å². The summed E-state index contributed by atoms with van der Waals surface area (Å²) in [6.45, 7) is 0. The fraction of sp³-hybridized carbons (Fsp3) is 0.100. The number of benzene rings is 2. The molecule has 1 unspecified atom stereocenters. The van der Waals surface area contributed by atoms with Gasteiger partial charge in [-0.2, -0.15) is 5.10 Å². The zero-order valence-corrected chi connectivity index (χ0v) is 15.5. The average molecular weight is 390 g/mol. The lowest BCUT2D eigenvalue weighted by molar-refractivity contribution is -0.118. The summed E-state index contributed by atoms with van der Waals surface area (Å²) in [6.07, 6.45) is 1.73. The van der Waals surface area contributed by atoms with Gasteiger partial charge in [-0.25, -0.2) is 4.79 Å². The van der Waals surface area contributed by atoms with Crippen LogP contribution in [-0.4, -0.2) is 29.0 Å². The predicted octanol–water partition coefficient (Wildman–Crippen LogP) is 2.82. The minimum Gasteiger partial charge on any atom is -0.465 e. The van der Waals surface area contributed by atoms with Crippen molar-refractivity contribution in [2.24, 2.45) is 5.10 Å². The number of anilines is 1. The van der Waals surface area contributed by atoms with Crippen LogP contribution >= 0.6 is 11.8 Å². The molecule has 5 rings (SSSR count). The number of carbonyl (C=O) groups is 2. The van der Waals surface area contributed by atoms with Gasteiger partial charge in [0.25, 0.3) is 5.91 Å². The van der Waals surface area contributed by atoms with Gasteiger partial charge in [0.05, 0.1) is 18.2 Å². The fourth-order valence-corrected chi connectivity index (χ4v) is 4.62. The standard InChI is InChI=1S/C20H14N4O3S/c1-27-18(25)12-7-8-15-14(10-12)20(19(26)22-15)24-23-17(28-20)13-6-2-4-11-5-3-9-21-16(11)13/h2-10,24H,1H3,(H,22,26). The number of rotatable bonds is 2. The molecule has 3 aromatic rings. The molecule has 1 spiro atoms. The number of pyridine rings is 1. The number of aromatic nitrogens is 1. The first-order valence-corrected chi connectivity index (χ1v) is 9.36. The van der Waals surface area contributed by atoms with Gasteiger partial charge in [0.15, 0.2) is 0 Å². The lowest BCUT2D eigenvalue weighted by Crippen LogP contribution is -2.39. The molecule has 2 aromatic carbocycles. The molecule has 3 heterocycles. The molecule has 28 heavy (non-hydrogen) atoms. The summed E-state index contributed by atoms with van der Waals surface area (Å²) >= 11 is 1.30. The molecular formula is C20H14N4O3S. The van der Waals surface area contributed by atoms with Crippen molar-refractivity contribution < 1.29 is 14.3 Å². The molecule has 0 fully saturated rings. The van der Waals surface area contributed by atoms with E-state index >= 15 is 0 Å². The van der Waals surface area contributed by atoms with Crippen molar-refractivity contribution in [3.63, 3.8) is 0 Å². The van der Waals surface area contributed by atoms with Crippen LogP contribution in [0, 0.1) is 0 Å². The van der Waals surface area contributed by atoms with E-state index in [0.717, 1.165) is 16.5 Å². The monoisotopic (exact) mass is 390 g/mol. The number of methoxy groups -OCH3 is 1. The van der Waals surface area contributed by atoms with E-state index in [0.29, 0.717) is 21.9 Å². The summed E-state index contributed by atoms with van der Waals surface area (Å²) in [5.74, 6) is -0.693. The van der Waals surface area contributed by atoms with Crippen LogP contribution in [0.4, 0.5) is 5.69 Å². The highest BCUT2D eigenvalue weighted by molar-refractivity contribution is 8.16. The van der Waals surface area contributed by atoms with E-state index in [4.69, 9.17) is 4.74 Å². The third kappa shape index (κ3) is 2.31. The number of hydrogen-bond donors (Lipinski definition) is 2. The Balaban J connectivity index is 1.58. The number of nitrogens with zero attached hydrogens (tertiary/aromatic N) is 2. The molecule has 8 heteroatoms. The van der Waals surface area contributed by atoms with Crippen LogP contribution in [0.5, 0.6) is 0 Å². The predicted molar refractivity (Wildman–Crippen MR) is 107 cm³/mol. The molecule has 2 aliphatic rings. The van der Waals surface area contributed by atoms with Crippen LogP contribution in [0.25, 0.3) is 10.9 Å². The van der Waals surface area contributed by atoms with E-state index in [9.17, 15) is 9.59 Å². The Morgan fingerprint density at radius 1 is 1.18 bits per heavy atom. The third-order valence-electron chi connectivity index (χ3n) is 4.82. The second kappa shape index (κ2) is 6.07. The lowest BCUT2D eigenvalue weighted by Gasteiger charge is -2.20. The molecule has 0 radical (unpaired) electrons. The topological polar surface area (TPSA) is 92.7 Å². The zero-order valence-electron chi connectivity index (χ0n) is 14.7. The largest absolute Gasteiger partial charge is 0.465 e. The average Bonchev–Trinajstić information content (AvgIpc) is 3.29.